The number of nitrogens with zero attached hydrogens (tertiary/aromatic N) is 2. The Kier molecular flexibility index (Phi) is 3.35. The van der Waals surface area contributed by atoms with E-state index in [1.54, 1.807) is 30.0 Å². The van der Waals surface area contributed by atoms with E-state index in [0.29, 0.717) is 55.3 Å². The zero-order valence-electron chi connectivity index (χ0n) is 13.4. The summed E-state index contributed by atoms with van der Waals surface area (Å²) < 4.78 is 11.0. The standard InChI is InChI=1S/C17H19N3O4/c1-10-19-14-12(3-2-4-13(14)24-10)15(21)20-7-11-8-23-6-5-17(11,9-20)16(18)22/h2-4,11H,5-9H2,1H3,(H2,18,22)/t11-,17+/m1/s1. The molecule has 1 aromatic heterocycles. The van der Waals surface area contributed by atoms with E-state index >= 15 is 0 Å². The second kappa shape index (κ2) is 5.31. The van der Waals surface area contributed by atoms with Crippen molar-refractivity contribution < 1.29 is 18.7 Å². The van der Waals surface area contributed by atoms with Crippen LogP contribution in [-0.4, -0.2) is 48.0 Å². The summed E-state index contributed by atoms with van der Waals surface area (Å²) >= 11 is 0. The fourth-order valence-corrected chi connectivity index (χ4v) is 3.91. The molecule has 0 spiro atoms. The molecule has 4 rings (SSSR count). The van der Waals surface area contributed by atoms with Crippen LogP contribution in [0, 0.1) is 18.3 Å². The number of carbonyl (C=O) groups excluding carboxylic acids is 2. The Bertz CT molecular complexity index is 830. The molecule has 7 nitrogen and oxygen atoms in total. The normalized spacial score (nSPS) is 26.5. The van der Waals surface area contributed by atoms with Crippen molar-refractivity contribution in [2.24, 2.45) is 17.1 Å². The lowest BCUT2D eigenvalue weighted by Gasteiger charge is -2.34. The number of benzene rings is 1. The van der Waals surface area contributed by atoms with E-state index in [4.69, 9.17) is 14.9 Å². The maximum atomic E-state index is 13.0. The van der Waals surface area contributed by atoms with Crippen molar-refractivity contribution in [1.82, 2.24) is 9.88 Å². The highest BCUT2D eigenvalue weighted by atomic mass is 16.5. The number of primary amides is 1. The third kappa shape index (κ3) is 2.11. The lowest BCUT2D eigenvalue weighted by Crippen LogP contribution is -2.48. The van der Waals surface area contributed by atoms with Gasteiger partial charge in [-0.3, -0.25) is 9.59 Å². The minimum absolute atomic E-state index is 0.0500. The van der Waals surface area contributed by atoms with Crippen molar-refractivity contribution >= 4 is 22.9 Å². The van der Waals surface area contributed by atoms with Crippen LogP contribution in [0.2, 0.25) is 0 Å². The van der Waals surface area contributed by atoms with Gasteiger partial charge in [-0.1, -0.05) is 6.07 Å². The molecule has 2 aromatic rings. The van der Waals surface area contributed by atoms with Gasteiger partial charge in [0.25, 0.3) is 5.91 Å². The van der Waals surface area contributed by atoms with Gasteiger partial charge < -0.3 is 19.8 Å². The van der Waals surface area contributed by atoms with Gasteiger partial charge in [0.2, 0.25) is 5.91 Å². The lowest BCUT2D eigenvalue weighted by atomic mass is 9.74. The number of hydrogen-bond donors (Lipinski definition) is 1. The molecule has 3 heterocycles. The van der Waals surface area contributed by atoms with Crippen LogP contribution in [0.3, 0.4) is 0 Å². The summed E-state index contributed by atoms with van der Waals surface area (Å²) in [5.41, 5.74) is 6.63. The third-order valence-electron chi connectivity index (χ3n) is 5.24. The van der Waals surface area contributed by atoms with Gasteiger partial charge in [-0.05, 0) is 18.6 Å². The van der Waals surface area contributed by atoms with Crippen molar-refractivity contribution in [1.29, 1.82) is 0 Å². The van der Waals surface area contributed by atoms with Crippen molar-refractivity contribution in [2.45, 2.75) is 13.3 Å². The largest absolute Gasteiger partial charge is 0.441 e. The Hall–Kier alpha value is -2.41. The number of aromatic nitrogens is 1. The van der Waals surface area contributed by atoms with E-state index in [0.717, 1.165) is 0 Å². The monoisotopic (exact) mass is 329 g/mol. The number of amides is 2. The molecule has 1 aromatic carbocycles. The summed E-state index contributed by atoms with van der Waals surface area (Å²) in [6.07, 6.45) is 0.560. The Morgan fingerprint density at radius 2 is 2.25 bits per heavy atom. The van der Waals surface area contributed by atoms with E-state index in [9.17, 15) is 9.59 Å². The maximum Gasteiger partial charge on any atom is 0.256 e. The fourth-order valence-electron chi connectivity index (χ4n) is 3.91. The van der Waals surface area contributed by atoms with E-state index in [-0.39, 0.29) is 17.7 Å². The summed E-state index contributed by atoms with van der Waals surface area (Å²) in [5, 5.41) is 0. The van der Waals surface area contributed by atoms with E-state index in [1.165, 1.54) is 0 Å². The smallest absolute Gasteiger partial charge is 0.256 e. The molecule has 126 valence electrons. The molecule has 2 fully saturated rings. The van der Waals surface area contributed by atoms with Crippen LogP contribution in [0.15, 0.2) is 22.6 Å². The first-order valence-electron chi connectivity index (χ1n) is 8.04. The summed E-state index contributed by atoms with van der Waals surface area (Å²) in [4.78, 5) is 31.1. The fraction of sp³-hybridized carbons (Fsp3) is 0.471. The average Bonchev–Trinajstić information content (AvgIpc) is 3.13. The van der Waals surface area contributed by atoms with Crippen LogP contribution in [0.25, 0.3) is 11.1 Å². The second-order valence-corrected chi connectivity index (χ2v) is 6.61. The van der Waals surface area contributed by atoms with Crippen LogP contribution < -0.4 is 5.73 Å². The number of likely N-dealkylation sites (tertiary alicyclic amines) is 1. The van der Waals surface area contributed by atoms with Crippen LogP contribution >= 0.6 is 0 Å². The maximum absolute atomic E-state index is 13.0. The zero-order valence-corrected chi connectivity index (χ0v) is 13.4. The number of hydrogen-bond acceptors (Lipinski definition) is 5. The highest BCUT2D eigenvalue weighted by Gasteiger charge is 2.53. The predicted octanol–water partition coefficient (Wildman–Crippen LogP) is 1.10. The van der Waals surface area contributed by atoms with Gasteiger partial charge >= 0.3 is 0 Å². The number of rotatable bonds is 2. The molecular formula is C17H19N3O4. The zero-order chi connectivity index (χ0) is 16.9. The molecule has 2 aliphatic rings. The van der Waals surface area contributed by atoms with Crippen molar-refractivity contribution in [3.63, 3.8) is 0 Å². The number of aryl methyl sites for hydroxylation is 1. The third-order valence-corrected chi connectivity index (χ3v) is 5.24. The molecule has 0 unspecified atom stereocenters. The summed E-state index contributed by atoms with van der Waals surface area (Å²) in [6.45, 7) is 3.51. The number of oxazole rings is 1. The molecule has 7 heteroatoms. The van der Waals surface area contributed by atoms with E-state index in [1.807, 2.05) is 0 Å². The molecule has 2 amide bonds. The first-order chi connectivity index (χ1) is 11.5. The Morgan fingerprint density at radius 1 is 1.42 bits per heavy atom. The number of para-hydroxylation sites is 1. The highest BCUT2D eigenvalue weighted by Crippen LogP contribution is 2.42. The van der Waals surface area contributed by atoms with Crippen LogP contribution in [0.5, 0.6) is 0 Å². The molecule has 2 atom stereocenters. The summed E-state index contributed by atoms with van der Waals surface area (Å²) in [7, 11) is 0. The topological polar surface area (TPSA) is 98.7 Å². The van der Waals surface area contributed by atoms with Crippen LogP contribution in [0.1, 0.15) is 22.7 Å². The van der Waals surface area contributed by atoms with Gasteiger partial charge in [-0.15, -0.1) is 0 Å². The van der Waals surface area contributed by atoms with Gasteiger partial charge in [-0.2, -0.15) is 0 Å². The van der Waals surface area contributed by atoms with Gasteiger partial charge in [-0.25, -0.2) is 4.98 Å². The average molecular weight is 329 g/mol. The summed E-state index contributed by atoms with van der Waals surface area (Å²) in [6, 6.07) is 5.30. The minimum Gasteiger partial charge on any atom is -0.441 e. The molecule has 24 heavy (non-hydrogen) atoms. The predicted molar refractivity (Wildman–Crippen MR) is 85.2 cm³/mol. The van der Waals surface area contributed by atoms with Gasteiger partial charge in [0.05, 0.1) is 17.6 Å². The number of fused-ring (bicyclic) bond motifs is 2. The lowest BCUT2D eigenvalue weighted by molar-refractivity contribution is -0.135. The van der Waals surface area contributed by atoms with Crippen molar-refractivity contribution in [2.75, 3.05) is 26.3 Å². The van der Waals surface area contributed by atoms with E-state index < -0.39 is 5.41 Å². The highest BCUT2D eigenvalue weighted by molar-refractivity contribution is 6.05. The summed E-state index contributed by atoms with van der Waals surface area (Å²) in [5.74, 6) is -0.0289. The van der Waals surface area contributed by atoms with Gasteiger partial charge in [0, 0.05) is 32.5 Å². The SMILES string of the molecule is Cc1nc2c(C(=O)N3C[C@@H]4COCC[C@]4(C(N)=O)C3)cccc2o1. The number of carbonyl (C=O) groups is 2. The number of ether oxygens (including phenoxy) is 1. The first kappa shape index (κ1) is 15.1. The van der Waals surface area contributed by atoms with Crippen LogP contribution in [-0.2, 0) is 9.53 Å². The molecule has 0 radical (unpaired) electrons. The van der Waals surface area contributed by atoms with Crippen molar-refractivity contribution in [3.05, 3.63) is 29.7 Å². The minimum atomic E-state index is -0.679. The Morgan fingerprint density at radius 3 is 3.00 bits per heavy atom. The van der Waals surface area contributed by atoms with Crippen LogP contribution in [0.4, 0.5) is 0 Å². The Balaban J connectivity index is 1.69. The molecule has 0 bridgehead atoms. The molecule has 2 N–H and O–H groups in total. The molecule has 2 saturated heterocycles. The molecular weight excluding hydrogens is 310 g/mol. The van der Waals surface area contributed by atoms with Crippen molar-refractivity contribution in [3.8, 4) is 0 Å². The molecule has 2 aliphatic heterocycles. The molecule has 0 saturated carbocycles. The Labute approximate surface area is 138 Å². The second-order valence-electron chi connectivity index (χ2n) is 6.61. The number of nitrogens with two attached hydrogens (primary N) is 1. The van der Waals surface area contributed by atoms with E-state index in [2.05, 4.69) is 4.98 Å². The van der Waals surface area contributed by atoms with Gasteiger partial charge in [0.1, 0.15) is 5.52 Å². The quantitative estimate of drug-likeness (QED) is 0.889. The molecule has 0 aliphatic carbocycles. The first-order valence-corrected chi connectivity index (χ1v) is 8.04. The van der Waals surface area contributed by atoms with Gasteiger partial charge in [0.15, 0.2) is 11.5 Å².